The molecule has 1 amide bonds. The molecule has 0 aliphatic heterocycles. The fourth-order valence-corrected chi connectivity index (χ4v) is 2.53. The second-order valence-corrected chi connectivity index (χ2v) is 6.64. The van der Waals surface area contributed by atoms with E-state index in [9.17, 15) is 18.0 Å². The van der Waals surface area contributed by atoms with E-state index in [-0.39, 0.29) is 23.4 Å². The van der Waals surface area contributed by atoms with Gasteiger partial charge in [0.15, 0.2) is 5.69 Å². The van der Waals surface area contributed by atoms with Gasteiger partial charge in [-0.05, 0) is 55.5 Å². The van der Waals surface area contributed by atoms with Crippen molar-refractivity contribution in [2.45, 2.75) is 13.1 Å². The molecule has 5 nitrogen and oxygen atoms in total. The van der Waals surface area contributed by atoms with E-state index in [1.807, 2.05) is 0 Å². The Labute approximate surface area is 166 Å². The van der Waals surface area contributed by atoms with E-state index < -0.39 is 11.9 Å². The van der Waals surface area contributed by atoms with Crippen LogP contribution in [0.3, 0.4) is 0 Å². The van der Waals surface area contributed by atoms with E-state index in [0.29, 0.717) is 11.3 Å². The van der Waals surface area contributed by atoms with Crippen molar-refractivity contribution in [1.82, 2.24) is 9.97 Å². The fraction of sp³-hybridized carbons (Fsp3) is 0.105. The van der Waals surface area contributed by atoms with Crippen molar-refractivity contribution in [3.05, 3.63) is 76.2 Å². The quantitative estimate of drug-likeness (QED) is 0.559. The summed E-state index contributed by atoms with van der Waals surface area (Å²) in [6.45, 7) is 1.35. The second kappa shape index (κ2) is 7.97. The molecule has 0 bridgehead atoms. The molecule has 3 rings (SSSR count). The highest BCUT2D eigenvalue weighted by atomic mass is 79.9. The first kappa shape index (κ1) is 19.8. The number of aromatic nitrogens is 2. The maximum Gasteiger partial charge on any atom is 0.433 e. The highest BCUT2D eigenvalue weighted by Gasteiger charge is 2.33. The summed E-state index contributed by atoms with van der Waals surface area (Å²) in [4.78, 5) is 19.4. The summed E-state index contributed by atoms with van der Waals surface area (Å²) in [5.41, 5.74) is -0.0804. The van der Waals surface area contributed by atoms with Gasteiger partial charge in [-0.1, -0.05) is 15.9 Å². The number of nitrogens with zero attached hydrogens (tertiary/aromatic N) is 2. The van der Waals surface area contributed by atoms with Crippen LogP contribution < -0.4 is 10.1 Å². The van der Waals surface area contributed by atoms with Crippen LogP contribution in [-0.4, -0.2) is 15.9 Å². The third-order valence-electron chi connectivity index (χ3n) is 3.55. The van der Waals surface area contributed by atoms with Crippen LogP contribution in [0.15, 0.2) is 59.1 Å². The van der Waals surface area contributed by atoms with Gasteiger partial charge in [0.1, 0.15) is 11.6 Å². The van der Waals surface area contributed by atoms with Crippen molar-refractivity contribution >= 4 is 27.5 Å². The highest BCUT2D eigenvalue weighted by molar-refractivity contribution is 9.10. The Hall–Kier alpha value is -2.94. The van der Waals surface area contributed by atoms with E-state index in [0.717, 1.165) is 10.5 Å². The molecule has 0 radical (unpaired) electrons. The maximum absolute atomic E-state index is 12.8. The van der Waals surface area contributed by atoms with Gasteiger partial charge in [0.2, 0.25) is 5.88 Å². The lowest BCUT2D eigenvalue weighted by Gasteiger charge is -2.10. The average Bonchev–Trinajstić information content (AvgIpc) is 2.62. The van der Waals surface area contributed by atoms with Crippen LogP contribution in [0.1, 0.15) is 21.9 Å². The number of rotatable bonds is 4. The van der Waals surface area contributed by atoms with Gasteiger partial charge in [0.05, 0.1) is 0 Å². The molecule has 1 N–H and O–H groups in total. The Balaban J connectivity index is 1.70. The van der Waals surface area contributed by atoms with E-state index >= 15 is 0 Å². The van der Waals surface area contributed by atoms with E-state index in [2.05, 4.69) is 31.2 Å². The summed E-state index contributed by atoms with van der Waals surface area (Å²) in [5, 5.41) is 2.72. The zero-order valence-electron chi connectivity index (χ0n) is 14.4. The van der Waals surface area contributed by atoms with Crippen molar-refractivity contribution in [1.29, 1.82) is 0 Å². The number of amides is 1. The molecule has 3 aromatic rings. The number of hydrogen-bond donors (Lipinski definition) is 1. The number of anilines is 1. The summed E-state index contributed by atoms with van der Waals surface area (Å²) >= 11 is 3.30. The molecule has 0 fully saturated rings. The largest absolute Gasteiger partial charge is 0.439 e. The molecule has 1 heterocycles. The molecule has 0 unspecified atom stereocenters. The number of halogens is 4. The summed E-state index contributed by atoms with van der Waals surface area (Å²) in [5.74, 6) is -0.287. The summed E-state index contributed by atoms with van der Waals surface area (Å²) < 4.78 is 44.7. The van der Waals surface area contributed by atoms with Gasteiger partial charge in [-0.15, -0.1) is 0 Å². The number of carbonyl (C=O) groups is 1. The lowest BCUT2D eigenvalue weighted by atomic mass is 10.2. The fourth-order valence-electron chi connectivity index (χ4n) is 2.27. The van der Waals surface area contributed by atoms with E-state index in [1.165, 1.54) is 19.1 Å². The molecule has 1 aromatic heterocycles. The number of benzene rings is 2. The van der Waals surface area contributed by atoms with Gasteiger partial charge in [-0.25, -0.2) is 4.98 Å². The Morgan fingerprint density at radius 1 is 1.04 bits per heavy atom. The first-order valence-electron chi connectivity index (χ1n) is 7.98. The normalized spacial score (nSPS) is 11.2. The molecule has 0 saturated carbocycles. The van der Waals surface area contributed by atoms with Gasteiger partial charge in [0, 0.05) is 21.8 Å². The van der Waals surface area contributed by atoms with E-state index in [1.54, 1.807) is 36.4 Å². The maximum atomic E-state index is 12.8. The molecule has 0 aliphatic carbocycles. The van der Waals surface area contributed by atoms with Crippen LogP contribution in [0.25, 0.3) is 0 Å². The van der Waals surface area contributed by atoms with Crippen LogP contribution in [0.5, 0.6) is 11.6 Å². The van der Waals surface area contributed by atoms with Crippen molar-refractivity contribution < 1.29 is 22.7 Å². The predicted molar refractivity (Wildman–Crippen MR) is 100 cm³/mol. The Morgan fingerprint density at radius 3 is 2.29 bits per heavy atom. The molecule has 0 atom stereocenters. The molecule has 0 saturated heterocycles. The Morgan fingerprint density at radius 2 is 1.68 bits per heavy atom. The number of aryl methyl sites for hydroxylation is 1. The van der Waals surface area contributed by atoms with E-state index in [4.69, 9.17) is 4.74 Å². The van der Waals surface area contributed by atoms with Crippen molar-refractivity contribution in [2.75, 3.05) is 5.32 Å². The SMILES string of the molecule is Cc1nc(Oc2ccc(NC(=O)c3ccc(Br)cc3)cc2)cc(C(F)(F)F)n1. The summed E-state index contributed by atoms with van der Waals surface area (Å²) in [6, 6.07) is 13.8. The predicted octanol–water partition coefficient (Wildman–Crippen LogP) is 5.61. The molecule has 0 spiro atoms. The molecular weight excluding hydrogens is 439 g/mol. The summed E-state index contributed by atoms with van der Waals surface area (Å²) in [7, 11) is 0. The standard InChI is InChI=1S/C19H13BrF3N3O2/c1-11-24-16(19(21,22)23)10-17(25-11)28-15-8-6-14(7-9-15)26-18(27)12-2-4-13(20)5-3-12/h2-10H,1H3,(H,26,27). The van der Waals surface area contributed by atoms with Gasteiger partial charge in [-0.2, -0.15) is 18.2 Å². The minimum absolute atomic E-state index is 0.0526. The lowest BCUT2D eigenvalue weighted by molar-refractivity contribution is -0.141. The molecular formula is C19H13BrF3N3O2. The van der Waals surface area contributed by atoms with Crippen LogP contribution in [0.2, 0.25) is 0 Å². The highest BCUT2D eigenvalue weighted by Crippen LogP contribution is 2.31. The summed E-state index contributed by atoms with van der Waals surface area (Å²) in [6.07, 6.45) is -4.59. The van der Waals surface area contributed by atoms with Crippen LogP contribution in [0.4, 0.5) is 18.9 Å². The second-order valence-electron chi connectivity index (χ2n) is 5.72. The third-order valence-corrected chi connectivity index (χ3v) is 4.07. The zero-order valence-corrected chi connectivity index (χ0v) is 16.0. The number of hydrogen-bond acceptors (Lipinski definition) is 4. The first-order chi connectivity index (χ1) is 13.2. The molecule has 0 aliphatic rings. The van der Waals surface area contributed by atoms with Crippen LogP contribution >= 0.6 is 15.9 Å². The molecule has 9 heteroatoms. The average molecular weight is 452 g/mol. The van der Waals surface area contributed by atoms with Gasteiger partial charge >= 0.3 is 6.18 Å². The Bertz CT molecular complexity index is 991. The molecule has 28 heavy (non-hydrogen) atoms. The van der Waals surface area contributed by atoms with Gasteiger partial charge in [-0.3, -0.25) is 4.79 Å². The Kier molecular flexibility index (Phi) is 5.64. The third kappa shape index (κ3) is 5.07. The van der Waals surface area contributed by atoms with Crippen LogP contribution in [0, 0.1) is 6.92 Å². The number of ether oxygens (including phenoxy) is 1. The minimum atomic E-state index is -4.59. The van der Waals surface area contributed by atoms with Crippen molar-refractivity contribution in [3.63, 3.8) is 0 Å². The number of nitrogens with one attached hydrogen (secondary N) is 1. The smallest absolute Gasteiger partial charge is 0.433 e. The monoisotopic (exact) mass is 451 g/mol. The molecule has 144 valence electrons. The number of carbonyl (C=O) groups excluding carboxylic acids is 1. The van der Waals surface area contributed by atoms with Gasteiger partial charge < -0.3 is 10.1 Å². The topological polar surface area (TPSA) is 64.1 Å². The van der Waals surface area contributed by atoms with Crippen LogP contribution in [-0.2, 0) is 6.18 Å². The first-order valence-corrected chi connectivity index (χ1v) is 8.78. The van der Waals surface area contributed by atoms with Crippen molar-refractivity contribution in [3.8, 4) is 11.6 Å². The lowest BCUT2D eigenvalue weighted by Crippen LogP contribution is -2.11. The van der Waals surface area contributed by atoms with Crippen molar-refractivity contribution in [2.24, 2.45) is 0 Å². The number of alkyl halides is 3. The zero-order chi connectivity index (χ0) is 20.3. The minimum Gasteiger partial charge on any atom is -0.439 e. The molecule has 2 aromatic carbocycles. The van der Waals surface area contributed by atoms with Gasteiger partial charge in [0.25, 0.3) is 5.91 Å².